The van der Waals surface area contributed by atoms with Crippen LogP contribution in [0, 0.1) is 0 Å². The van der Waals surface area contributed by atoms with Gasteiger partial charge < -0.3 is 10.6 Å². The molecule has 0 unspecified atom stereocenters. The van der Waals surface area contributed by atoms with Crippen LogP contribution in [0.4, 0.5) is 11.6 Å². The third kappa shape index (κ3) is 2.93. The van der Waals surface area contributed by atoms with Crippen LogP contribution in [0.25, 0.3) is 12.2 Å². The Bertz CT molecular complexity index is 603. The molecule has 5 nitrogen and oxygen atoms in total. The lowest BCUT2D eigenvalue weighted by Gasteiger charge is -2.16. The second-order valence-corrected chi connectivity index (χ2v) is 4.82. The number of anilines is 2. The van der Waals surface area contributed by atoms with Gasteiger partial charge in [-0.25, -0.2) is 9.97 Å². The van der Waals surface area contributed by atoms with Crippen molar-refractivity contribution in [2.45, 2.75) is 12.8 Å². The SMILES string of the molecule is Nc1cc(N2CCCC2)nc(/C=C/c2ccncc2)n1. The maximum absolute atomic E-state index is 5.87. The van der Waals surface area contributed by atoms with Crippen molar-refractivity contribution in [3.05, 3.63) is 42.0 Å². The van der Waals surface area contributed by atoms with Crippen molar-refractivity contribution >= 4 is 23.8 Å². The number of rotatable bonds is 3. The van der Waals surface area contributed by atoms with Crippen molar-refractivity contribution in [3.63, 3.8) is 0 Å². The Morgan fingerprint density at radius 2 is 1.80 bits per heavy atom. The molecule has 0 aromatic carbocycles. The molecule has 1 saturated heterocycles. The van der Waals surface area contributed by atoms with E-state index in [0.717, 1.165) is 24.5 Å². The van der Waals surface area contributed by atoms with Gasteiger partial charge in [0.1, 0.15) is 11.6 Å². The van der Waals surface area contributed by atoms with E-state index < -0.39 is 0 Å². The summed E-state index contributed by atoms with van der Waals surface area (Å²) in [4.78, 5) is 15.1. The van der Waals surface area contributed by atoms with Crippen LogP contribution >= 0.6 is 0 Å². The van der Waals surface area contributed by atoms with Crippen LogP contribution in [0.15, 0.2) is 30.6 Å². The molecule has 2 aromatic heterocycles. The van der Waals surface area contributed by atoms with Crippen molar-refractivity contribution in [2.75, 3.05) is 23.7 Å². The Morgan fingerprint density at radius 1 is 1.05 bits per heavy atom. The molecule has 1 aliphatic heterocycles. The average Bonchev–Trinajstić information content (AvgIpc) is 3.00. The van der Waals surface area contributed by atoms with Gasteiger partial charge in [0.25, 0.3) is 0 Å². The highest BCUT2D eigenvalue weighted by atomic mass is 15.2. The van der Waals surface area contributed by atoms with E-state index >= 15 is 0 Å². The highest BCUT2D eigenvalue weighted by molar-refractivity contribution is 5.67. The lowest BCUT2D eigenvalue weighted by atomic mass is 10.2. The van der Waals surface area contributed by atoms with Gasteiger partial charge in [-0.1, -0.05) is 6.08 Å². The van der Waals surface area contributed by atoms with Crippen molar-refractivity contribution in [1.29, 1.82) is 0 Å². The number of aromatic nitrogens is 3. The highest BCUT2D eigenvalue weighted by Crippen LogP contribution is 2.20. The number of hydrogen-bond acceptors (Lipinski definition) is 5. The number of nitrogen functional groups attached to an aromatic ring is 1. The van der Waals surface area contributed by atoms with Gasteiger partial charge in [0.15, 0.2) is 5.82 Å². The van der Waals surface area contributed by atoms with Crippen LogP contribution in [-0.2, 0) is 0 Å². The van der Waals surface area contributed by atoms with Gasteiger partial charge in [-0.05, 0) is 36.6 Å². The Morgan fingerprint density at radius 3 is 2.55 bits per heavy atom. The first-order valence-corrected chi connectivity index (χ1v) is 6.79. The van der Waals surface area contributed by atoms with Crippen LogP contribution in [0.3, 0.4) is 0 Å². The van der Waals surface area contributed by atoms with Crippen molar-refractivity contribution in [1.82, 2.24) is 15.0 Å². The minimum atomic E-state index is 0.510. The fraction of sp³-hybridized carbons (Fsp3) is 0.267. The molecule has 5 heteroatoms. The molecule has 3 heterocycles. The topological polar surface area (TPSA) is 67.9 Å². The lowest BCUT2D eigenvalue weighted by Crippen LogP contribution is -2.19. The summed E-state index contributed by atoms with van der Waals surface area (Å²) < 4.78 is 0. The molecule has 0 bridgehead atoms. The number of hydrogen-bond donors (Lipinski definition) is 1. The summed E-state index contributed by atoms with van der Waals surface area (Å²) in [6, 6.07) is 5.71. The predicted molar refractivity (Wildman–Crippen MR) is 81.1 cm³/mol. The fourth-order valence-electron chi connectivity index (χ4n) is 2.30. The molecule has 102 valence electrons. The van der Waals surface area contributed by atoms with E-state index in [1.165, 1.54) is 12.8 Å². The largest absolute Gasteiger partial charge is 0.384 e. The van der Waals surface area contributed by atoms with Gasteiger partial charge in [0.05, 0.1) is 0 Å². The van der Waals surface area contributed by atoms with Crippen LogP contribution in [-0.4, -0.2) is 28.0 Å². The molecule has 2 aromatic rings. The average molecular weight is 267 g/mol. The first-order valence-electron chi connectivity index (χ1n) is 6.79. The second-order valence-electron chi connectivity index (χ2n) is 4.82. The van der Waals surface area contributed by atoms with Crippen molar-refractivity contribution < 1.29 is 0 Å². The van der Waals surface area contributed by atoms with Gasteiger partial charge in [0, 0.05) is 31.5 Å². The fourth-order valence-corrected chi connectivity index (χ4v) is 2.30. The first-order chi connectivity index (χ1) is 9.81. The Balaban J connectivity index is 1.84. The molecule has 0 aliphatic carbocycles. The van der Waals surface area contributed by atoms with Gasteiger partial charge in [0.2, 0.25) is 0 Å². The molecule has 2 N–H and O–H groups in total. The van der Waals surface area contributed by atoms with E-state index in [1.54, 1.807) is 12.4 Å². The normalized spacial score (nSPS) is 15.1. The third-order valence-electron chi connectivity index (χ3n) is 3.31. The maximum atomic E-state index is 5.87. The van der Waals surface area contributed by atoms with E-state index in [0.29, 0.717) is 11.6 Å². The summed E-state index contributed by atoms with van der Waals surface area (Å²) in [6.07, 6.45) is 9.79. The molecule has 1 fully saturated rings. The standard InChI is InChI=1S/C15H17N5/c16-13-11-15(20-9-1-2-10-20)19-14(18-13)4-3-12-5-7-17-8-6-12/h3-8,11H,1-2,9-10H2,(H2,16,18,19)/b4-3+. The van der Waals surface area contributed by atoms with Crippen LogP contribution in [0.2, 0.25) is 0 Å². The number of nitrogens with two attached hydrogens (primary N) is 1. The molecule has 0 radical (unpaired) electrons. The molecular weight excluding hydrogens is 250 g/mol. The summed E-state index contributed by atoms with van der Waals surface area (Å²) in [5.41, 5.74) is 6.94. The van der Waals surface area contributed by atoms with E-state index in [1.807, 2.05) is 30.4 Å². The number of pyridine rings is 1. The van der Waals surface area contributed by atoms with Gasteiger partial charge in [-0.3, -0.25) is 4.98 Å². The van der Waals surface area contributed by atoms with Crippen LogP contribution in [0.1, 0.15) is 24.2 Å². The summed E-state index contributed by atoms with van der Waals surface area (Å²) in [7, 11) is 0. The van der Waals surface area contributed by atoms with Crippen molar-refractivity contribution in [3.8, 4) is 0 Å². The number of nitrogens with zero attached hydrogens (tertiary/aromatic N) is 4. The third-order valence-corrected chi connectivity index (χ3v) is 3.31. The molecule has 3 rings (SSSR count). The zero-order valence-electron chi connectivity index (χ0n) is 11.2. The quantitative estimate of drug-likeness (QED) is 0.923. The van der Waals surface area contributed by atoms with E-state index in [-0.39, 0.29) is 0 Å². The van der Waals surface area contributed by atoms with Crippen LogP contribution in [0.5, 0.6) is 0 Å². The molecule has 0 saturated carbocycles. The Labute approximate surface area is 118 Å². The minimum Gasteiger partial charge on any atom is -0.384 e. The second kappa shape index (κ2) is 5.69. The molecular formula is C15H17N5. The smallest absolute Gasteiger partial charge is 0.156 e. The van der Waals surface area contributed by atoms with Gasteiger partial charge >= 0.3 is 0 Å². The zero-order valence-corrected chi connectivity index (χ0v) is 11.2. The summed E-state index contributed by atoms with van der Waals surface area (Å²) in [5, 5.41) is 0. The lowest BCUT2D eigenvalue weighted by molar-refractivity contribution is 0.925. The molecule has 1 aliphatic rings. The van der Waals surface area contributed by atoms with Crippen molar-refractivity contribution in [2.24, 2.45) is 0 Å². The Kier molecular flexibility index (Phi) is 3.58. The summed E-state index contributed by atoms with van der Waals surface area (Å²) >= 11 is 0. The van der Waals surface area contributed by atoms with E-state index in [4.69, 9.17) is 5.73 Å². The van der Waals surface area contributed by atoms with Gasteiger partial charge in [-0.15, -0.1) is 0 Å². The molecule has 0 spiro atoms. The predicted octanol–water partition coefficient (Wildman–Crippen LogP) is 2.22. The minimum absolute atomic E-state index is 0.510. The van der Waals surface area contributed by atoms with E-state index in [9.17, 15) is 0 Å². The van der Waals surface area contributed by atoms with Crippen LogP contribution < -0.4 is 10.6 Å². The summed E-state index contributed by atoms with van der Waals surface area (Å²) in [6.45, 7) is 2.09. The maximum Gasteiger partial charge on any atom is 0.156 e. The zero-order chi connectivity index (χ0) is 13.8. The molecule has 0 atom stereocenters. The molecule has 0 amide bonds. The highest BCUT2D eigenvalue weighted by Gasteiger charge is 2.14. The van der Waals surface area contributed by atoms with E-state index in [2.05, 4.69) is 19.9 Å². The van der Waals surface area contributed by atoms with Gasteiger partial charge in [-0.2, -0.15) is 0 Å². The first kappa shape index (κ1) is 12.6. The molecule has 20 heavy (non-hydrogen) atoms. The summed E-state index contributed by atoms with van der Waals surface area (Å²) in [5.74, 6) is 2.07. The monoisotopic (exact) mass is 267 g/mol. The Hall–Kier alpha value is -2.43.